The molecule has 0 aromatic heterocycles. The van der Waals surface area contributed by atoms with Crippen LogP contribution in [0.3, 0.4) is 0 Å². The van der Waals surface area contributed by atoms with Gasteiger partial charge in [0.25, 0.3) is 0 Å². The smallest absolute Gasteiger partial charge is 0.333 e. The van der Waals surface area contributed by atoms with Gasteiger partial charge in [0, 0.05) is 80.8 Å². The fourth-order valence-corrected chi connectivity index (χ4v) is 6.01. The number of hydrogen-bond donors (Lipinski definition) is 0. The summed E-state index contributed by atoms with van der Waals surface area (Å²) in [5, 5.41) is 0. The lowest BCUT2D eigenvalue weighted by atomic mass is 9.99. The van der Waals surface area contributed by atoms with Crippen LogP contribution in [-0.2, 0) is 57.2 Å². The standard InChI is InChI=1S/C16H27NO4.C14H23NO4.C13H21NO4/c1-12(2)15(19)20-10-7-11-21-16(5,13(3)4)17-9-6-8-14(17)18;1-11(2)13(17)18-9-6-10-19-14(3,4)15-8-5-7-12(15)16;1-10(2)13(16)18-9-5-8-17-11(3)14-7-4-6-12(14)15/h13H,1,6-11H2,2-5H3;1,5-10H2,2-4H3;11H,1,4-9H2,2-3H3. The van der Waals surface area contributed by atoms with Gasteiger partial charge in [-0.05, 0) is 67.7 Å². The second kappa shape index (κ2) is 26.1. The number of hydrogen-bond acceptors (Lipinski definition) is 12. The third kappa shape index (κ3) is 18.2. The Bertz CT molecular complexity index is 1430. The Morgan fingerprint density at radius 2 is 0.983 bits per heavy atom. The van der Waals surface area contributed by atoms with Crippen molar-refractivity contribution in [1.82, 2.24) is 14.7 Å². The van der Waals surface area contributed by atoms with Gasteiger partial charge in [0.05, 0.1) is 39.6 Å². The van der Waals surface area contributed by atoms with E-state index in [1.54, 1.807) is 30.6 Å². The van der Waals surface area contributed by atoms with Crippen LogP contribution < -0.4 is 0 Å². The van der Waals surface area contributed by atoms with Gasteiger partial charge in [-0.15, -0.1) is 0 Å². The van der Waals surface area contributed by atoms with E-state index in [4.69, 9.17) is 28.4 Å². The SMILES string of the molecule is C=C(C)C(=O)OCCCOC(C)(C(C)C)N1CCCC1=O.C=C(C)C(=O)OCCCOC(C)(C)N1CCCC1=O.C=C(C)C(=O)OCCCOC(C)N1CCCC1=O. The first-order valence-electron chi connectivity index (χ1n) is 20.4. The Morgan fingerprint density at radius 1 is 0.586 bits per heavy atom. The second-order valence-corrected chi connectivity index (χ2v) is 15.6. The molecule has 330 valence electrons. The van der Waals surface area contributed by atoms with Crippen LogP contribution in [0.25, 0.3) is 0 Å². The molecule has 58 heavy (non-hydrogen) atoms. The maximum atomic E-state index is 11.9. The van der Waals surface area contributed by atoms with Crippen LogP contribution in [-0.4, -0.2) is 127 Å². The highest BCUT2D eigenvalue weighted by atomic mass is 16.6. The number of carbonyl (C=O) groups excluding carboxylic acids is 6. The normalized spacial score (nSPS) is 16.9. The summed E-state index contributed by atoms with van der Waals surface area (Å²) in [5.74, 6) is -0.504. The summed E-state index contributed by atoms with van der Waals surface area (Å²) in [6.45, 7) is 31.6. The first-order chi connectivity index (χ1) is 27.1. The molecular weight excluding hydrogens is 750 g/mol. The minimum absolute atomic E-state index is 0.138. The highest BCUT2D eigenvalue weighted by Gasteiger charge is 2.41. The molecule has 0 aromatic rings. The molecule has 2 atom stereocenters. The topological polar surface area (TPSA) is 168 Å². The van der Waals surface area contributed by atoms with Crippen molar-refractivity contribution in [2.24, 2.45) is 5.92 Å². The van der Waals surface area contributed by atoms with E-state index >= 15 is 0 Å². The lowest BCUT2D eigenvalue weighted by molar-refractivity contribution is -0.181. The van der Waals surface area contributed by atoms with E-state index in [-0.39, 0.29) is 47.8 Å². The van der Waals surface area contributed by atoms with Crippen molar-refractivity contribution in [3.8, 4) is 0 Å². The van der Waals surface area contributed by atoms with Gasteiger partial charge in [-0.3, -0.25) is 14.4 Å². The van der Waals surface area contributed by atoms with E-state index in [9.17, 15) is 28.8 Å². The molecule has 15 nitrogen and oxygen atoms in total. The zero-order valence-corrected chi connectivity index (χ0v) is 36.7. The summed E-state index contributed by atoms with van der Waals surface area (Å²) in [6.07, 6.45) is 6.12. The van der Waals surface area contributed by atoms with Crippen LogP contribution in [0.15, 0.2) is 36.5 Å². The summed E-state index contributed by atoms with van der Waals surface area (Å²) in [5.41, 5.74) is -0.000738. The predicted octanol–water partition coefficient (Wildman–Crippen LogP) is 5.86. The molecule has 0 saturated carbocycles. The van der Waals surface area contributed by atoms with E-state index in [0.29, 0.717) is 94.9 Å². The lowest BCUT2D eigenvalue weighted by Gasteiger charge is -2.42. The van der Waals surface area contributed by atoms with Gasteiger partial charge in [0.1, 0.15) is 17.7 Å². The zero-order valence-electron chi connectivity index (χ0n) is 36.7. The summed E-state index contributed by atoms with van der Waals surface area (Å²) in [4.78, 5) is 73.8. The monoisotopic (exact) mass is 822 g/mol. The highest BCUT2D eigenvalue weighted by molar-refractivity contribution is 5.87. The van der Waals surface area contributed by atoms with E-state index in [1.807, 2.05) is 46.4 Å². The van der Waals surface area contributed by atoms with Crippen molar-refractivity contribution in [2.45, 2.75) is 138 Å². The maximum Gasteiger partial charge on any atom is 0.333 e. The molecule has 3 fully saturated rings. The van der Waals surface area contributed by atoms with Crippen molar-refractivity contribution < 1.29 is 57.2 Å². The average molecular weight is 822 g/mol. The highest BCUT2D eigenvalue weighted by Crippen LogP contribution is 2.31. The Labute approximate surface area is 346 Å². The minimum Gasteiger partial charge on any atom is -0.462 e. The molecule has 0 spiro atoms. The van der Waals surface area contributed by atoms with Gasteiger partial charge in [0.2, 0.25) is 17.7 Å². The van der Waals surface area contributed by atoms with Crippen LogP contribution >= 0.6 is 0 Å². The Hall–Kier alpha value is -4.08. The third-order valence-electron chi connectivity index (χ3n) is 9.77. The minimum atomic E-state index is -0.591. The lowest BCUT2D eigenvalue weighted by Crippen LogP contribution is -2.53. The number of esters is 3. The quantitative estimate of drug-likeness (QED) is 0.0554. The first-order valence-corrected chi connectivity index (χ1v) is 20.4. The molecule has 3 saturated heterocycles. The van der Waals surface area contributed by atoms with E-state index in [0.717, 1.165) is 38.9 Å². The summed E-state index contributed by atoms with van der Waals surface area (Å²) < 4.78 is 32.2. The molecule has 0 radical (unpaired) electrons. The van der Waals surface area contributed by atoms with Gasteiger partial charge in [-0.2, -0.15) is 0 Å². The predicted molar refractivity (Wildman–Crippen MR) is 219 cm³/mol. The molecule has 2 unspecified atom stereocenters. The molecule has 3 rings (SSSR count). The van der Waals surface area contributed by atoms with E-state index in [2.05, 4.69) is 19.7 Å². The Morgan fingerprint density at radius 3 is 1.36 bits per heavy atom. The molecule has 3 amide bonds. The van der Waals surface area contributed by atoms with Crippen molar-refractivity contribution in [2.75, 3.05) is 59.3 Å². The van der Waals surface area contributed by atoms with Crippen LogP contribution in [0, 0.1) is 5.92 Å². The van der Waals surface area contributed by atoms with Gasteiger partial charge >= 0.3 is 17.9 Å². The summed E-state index contributed by atoms with van der Waals surface area (Å²) >= 11 is 0. The molecule has 0 N–H and O–H groups in total. The number of rotatable bonds is 22. The van der Waals surface area contributed by atoms with Crippen LogP contribution in [0.5, 0.6) is 0 Å². The number of likely N-dealkylation sites (tertiary alicyclic amines) is 3. The van der Waals surface area contributed by atoms with Gasteiger partial charge in [-0.1, -0.05) is 33.6 Å². The van der Waals surface area contributed by atoms with Crippen molar-refractivity contribution >= 4 is 35.6 Å². The fourth-order valence-electron chi connectivity index (χ4n) is 6.01. The van der Waals surface area contributed by atoms with Gasteiger partial charge in [-0.25, -0.2) is 14.4 Å². The Kier molecular flexibility index (Phi) is 23.4. The maximum absolute atomic E-state index is 11.9. The molecule has 0 aliphatic carbocycles. The number of ether oxygens (including phenoxy) is 6. The molecule has 3 aliphatic heterocycles. The fraction of sp³-hybridized carbons (Fsp3) is 0.721. The first kappa shape index (κ1) is 51.9. The number of nitrogens with zero attached hydrogens (tertiary/aromatic N) is 3. The number of carbonyl (C=O) groups is 6. The molecule has 0 bridgehead atoms. The van der Waals surface area contributed by atoms with Gasteiger partial charge < -0.3 is 43.1 Å². The molecule has 15 heteroatoms. The van der Waals surface area contributed by atoms with Crippen LogP contribution in [0.2, 0.25) is 0 Å². The van der Waals surface area contributed by atoms with E-state index in [1.165, 1.54) is 0 Å². The van der Waals surface area contributed by atoms with Crippen LogP contribution in [0.4, 0.5) is 0 Å². The largest absolute Gasteiger partial charge is 0.462 e. The van der Waals surface area contributed by atoms with Crippen molar-refractivity contribution in [1.29, 1.82) is 0 Å². The molecule has 3 aliphatic rings. The molecule has 0 aromatic carbocycles. The average Bonchev–Trinajstić information content (AvgIpc) is 3.92. The third-order valence-corrected chi connectivity index (χ3v) is 9.77. The molecule has 3 heterocycles. The van der Waals surface area contributed by atoms with Crippen LogP contribution in [0.1, 0.15) is 120 Å². The molecular formula is C43H71N3O12. The van der Waals surface area contributed by atoms with Crippen molar-refractivity contribution in [3.05, 3.63) is 36.5 Å². The van der Waals surface area contributed by atoms with Crippen molar-refractivity contribution in [3.63, 3.8) is 0 Å². The van der Waals surface area contributed by atoms with E-state index < -0.39 is 11.4 Å². The zero-order chi connectivity index (χ0) is 44.1. The summed E-state index contributed by atoms with van der Waals surface area (Å²) in [7, 11) is 0. The Balaban J connectivity index is 0.000000436. The second-order valence-electron chi connectivity index (χ2n) is 15.6. The number of amides is 3. The van der Waals surface area contributed by atoms with Gasteiger partial charge in [0.15, 0.2) is 0 Å². The summed E-state index contributed by atoms with van der Waals surface area (Å²) in [6, 6.07) is 0.